The summed E-state index contributed by atoms with van der Waals surface area (Å²) in [5.41, 5.74) is -3.26. The molecule has 3 rings (SSSR count). The fourth-order valence-electron chi connectivity index (χ4n) is 4.28. The van der Waals surface area contributed by atoms with Crippen molar-refractivity contribution in [1.29, 1.82) is 21.2 Å². The van der Waals surface area contributed by atoms with Crippen LogP contribution in [-0.2, 0) is 9.47 Å². The van der Waals surface area contributed by atoms with Gasteiger partial charge in [0, 0.05) is 17.5 Å². The first kappa shape index (κ1) is 18.2. The second kappa shape index (κ2) is 5.99. The van der Waals surface area contributed by atoms with Crippen molar-refractivity contribution in [2.24, 2.45) is 16.7 Å². The van der Waals surface area contributed by atoms with E-state index in [0.717, 1.165) is 0 Å². The van der Waals surface area contributed by atoms with Gasteiger partial charge in [-0.2, -0.15) is 15.8 Å². The number of benzene rings is 1. The summed E-state index contributed by atoms with van der Waals surface area (Å²) >= 11 is 6.31. The number of nitrogens with zero attached hydrogens (tertiary/aromatic N) is 3. The van der Waals surface area contributed by atoms with E-state index in [1.807, 2.05) is 19.1 Å². The average Bonchev–Trinajstić information content (AvgIpc) is 2.79. The van der Waals surface area contributed by atoms with Crippen molar-refractivity contribution in [3.05, 3.63) is 34.9 Å². The molecule has 2 bridgehead atoms. The number of halogens is 1. The predicted octanol–water partition coefficient (Wildman–Crippen LogP) is 4.09. The average molecular weight is 369 g/mol. The van der Waals surface area contributed by atoms with Gasteiger partial charge in [-0.15, -0.1) is 0 Å². The monoisotopic (exact) mass is 368 g/mol. The van der Waals surface area contributed by atoms with Gasteiger partial charge in [0.05, 0.1) is 24.1 Å². The molecule has 4 atom stereocenters. The number of hydrogen-bond donors (Lipinski definition) is 1. The third kappa shape index (κ3) is 1.96. The molecule has 2 aliphatic heterocycles. The largest absolute Gasteiger partial charge is 0.448 e. The van der Waals surface area contributed by atoms with Crippen molar-refractivity contribution >= 4 is 17.5 Å². The maximum absolute atomic E-state index is 10.1. The lowest BCUT2D eigenvalue weighted by Gasteiger charge is -2.48. The molecule has 2 heterocycles. The first-order valence-electron chi connectivity index (χ1n) is 8.31. The molecule has 2 saturated heterocycles. The summed E-state index contributed by atoms with van der Waals surface area (Å²) in [6.45, 7) is 3.58. The Hall–Kier alpha value is -2.59. The van der Waals surface area contributed by atoms with Crippen LogP contribution in [0.4, 0.5) is 0 Å². The lowest BCUT2D eigenvalue weighted by Crippen LogP contribution is -2.58. The zero-order valence-corrected chi connectivity index (χ0v) is 15.2. The second-order valence-electron chi connectivity index (χ2n) is 6.76. The van der Waals surface area contributed by atoms with Crippen LogP contribution in [0.2, 0.25) is 5.02 Å². The highest BCUT2D eigenvalue weighted by Gasteiger charge is 2.79. The number of hydrogen-bond acceptors (Lipinski definition) is 6. The van der Waals surface area contributed by atoms with Crippen LogP contribution < -0.4 is 0 Å². The molecule has 1 aromatic rings. The molecule has 0 aliphatic carbocycles. The van der Waals surface area contributed by atoms with Gasteiger partial charge in [0.15, 0.2) is 5.41 Å². The summed E-state index contributed by atoms with van der Waals surface area (Å²) in [5, 5.41) is 38.9. The topological polar surface area (TPSA) is 114 Å². The number of ether oxygens (including phenoxy) is 2. The standard InChI is InChI=1S/C19H17ClN4O2/c1-3-6-14-17(2)25-15(12-7-4-5-8-13(12)20)18(9-21,10-22)19(14,11-23)16(24)26-17/h4-5,7-8,14-15,24H,3,6H2,1-2H3. The number of nitrogens with one attached hydrogen (secondary N) is 1. The predicted molar refractivity (Wildman–Crippen MR) is 92.6 cm³/mol. The van der Waals surface area contributed by atoms with Crippen molar-refractivity contribution in [2.45, 2.75) is 38.6 Å². The van der Waals surface area contributed by atoms with Gasteiger partial charge in [-0.05, 0) is 12.5 Å². The molecule has 0 amide bonds. The first-order valence-corrected chi connectivity index (χ1v) is 8.68. The molecule has 2 fully saturated rings. The van der Waals surface area contributed by atoms with Gasteiger partial charge in [0.2, 0.25) is 17.1 Å². The minimum Gasteiger partial charge on any atom is -0.448 e. The number of rotatable bonds is 3. The zero-order chi connectivity index (χ0) is 19.2. The van der Waals surface area contributed by atoms with Gasteiger partial charge in [-0.25, -0.2) is 0 Å². The molecule has 7 heteroatoms. The molecule has 0 spiro atoms. The quantitative estimate of drug-likeness (QED) is 0.862. The van der Waals surface area contributed by atoms with Gasteiger partial charge >= 0.3 is 0 Å². The van der Waals surface area contributed by atoms with Crippen LogP contribution in [-0.4, -0.2) is 11.7 Å². The SMILES string of the molecule is CCCC1C2(C)OC(=N)C1(C#N)C(C#N)(C#N)C(c1ccccc1Cl)O2. The number of nitriles is 3. The minimum absolute atomic E-state index is 0.323. The Morgan fingerprint density at radius 3 is 2.38 bits per heavy atom. The lowest BCUT2D eigenvalue weighted by molar-refractivity contribution is -0.273. The van der Waals surface area contributed by atoms with E-state index in [9.17, 15) is 15.8 Å². The van der Waals surface area contributed by atoms with E-state index >= 15 is 0 Å². The summed E-state index contributed by atoms with van der Waals surface area (Å²) in [7, 11) is 0. The smallest absolute Gasteiger partial charge is 0.214 e. The summed E-state index contributed by atoms with van der Waals surface area (Å²) in [4.78, 5) is 0. The zero-order valence-electron chi connectivity index (χ0n) is 14.4. The third-order valence-electron chi connectivity index (χ3n) is 5.48. The Morgan fingerprint density at radius 1 is 1.19 bits per heavy atom. The highest BCUT2D eigenvalue weighted by Crippen LogP contribution is 2.67. The van der Waals surface area contributed by atoms with E-state index in [1.165, 1.54) is 0 Å². The van der Waals surface area contributed by atoms with Crippen molar-refractivity contribution < 1.29 is 9.47 Å². The van der Waals surface area contributed by atoms with Crippen LogP contribution >= 0.6 is 11.6 Å². The van der Waals surface area contributed by atoms with Crippen molar-refractivity contribution in [3.63, 3.8) is 0 Å². The van der Waals surface area contributed by atoms with E-state index in [1.54, 1.807) is 31.2 Å². The Morgan fingerprint density at radius 2 is 1.85 bits per heavy atom. The van der Waals surface area contributed by atoms with Crippen LogP contribution in [0.3, 0.4) is 0 Å². The molecule has 26 heavy (non-hydrogen) atoms. The lowest BCUT2D eigenvalue weighted by atomic mass is 9.53. The maximum Gasteiger partial charge on any atom is 0.214 e. The van der Waals surface area contributed by atoms with Crippen LogP contribution in [0.1, 0.15) is 38.4 Å². The van der Waals surface area contributed by atoms with E-state index in [-0.39, 0.29) is 0 Å². The van der Waals surface area contributed by atoms with Gasteiger partial charge in [0.25, 0.3) is 0 Å². The normalized spacial score (nSPS) is 34.2. The summed E-state index contributed by atoms with van der Waals surface area (Å²) in [6.07, 6.45) is 0.0481. The molecule has 132 valence electrons. The molecule has 6 nitrogen and oxygen atoms in total. The van der Waals surface area contributed by atoms with Gasteiger partial charge in [0.1, 0.15) is 6.10 Å². The molecule has 1 N–H and O–H groups in total. The van der Waals surface area contributed by atoms with E-state index in [2.05, 4.69) is 6.07 Å². The van der Waals surface area contributed by atoms with Gasteiger partial charge < -0.3 is 9.47 Å². The maximum atomic E-state index is 10.1. The summed E-state index contributed by atoms with van der Waals surface area (Å²) < 4.78 is 11.8. The van der Waals surface area contributed by atoms with E-state index in [0.29, 0.717) is 23.4 Å². The Balaban J connectivity index is 2.35. The van der Waals surface area contributed by atoms with Gasteiger partial charge in [-0.1, -0.05) is 43.1 Å². The first-order chi connectivity index (χ1) is 12.4. The molecule has 1 aromatic carbocycles. The Labute approximate surface area is 157 Å². The van der Waals surface area contributed by atoms with E-state index < -0.39 is 34.5 Å². The van der Waals surface area contributed by atoms with Crippen molar-refractivity contribution in [1.82, 2.24) is 0 Å². The molecule has 4 unspecified atom stereocenters. The Bertz CT molecular complexity index is 882. The molecule has 0 aromatic heterocycles. The minimum atomic E-state index is -1.96. The fraction of sp³-hybridized carbons (Fsp3) is 0.474. The molecular formula is C19H17ClN4O2. The molecule has 2 aliphatic rings. The summed E-state index contributed by atoms with van der Waals surface area (Å²) in [6, 6.07) is 12.9. The van der Waals surface area contributed by atoms with Crippen LogP contribution in [0, 0.1) is 56.2 Å². The highest BCUT2D eigenvalue weighted by molar-refractivity contribution is 6.31. The van der Waals surface area contributed by atoms with E-state index in [4.69, 9.17) is 26.5 Å². The summed E-state index contributed by atoms with van der Waals surface area (Å²) in [5.74, 6) is -2.29. The highest BCUT2D eigenvalue weighted by atomic mass is 35.5. The molecular weight excluding hydrogens is 352 g/mol. The third-order valence-corrected chi connectivity index (χ3v) is 5.82. The van der Waals surface area contributed by atoms with Gasteiger partial charge in [-0.3, -0.25) is 5.41 Å². The second-order valence-corrected chi connectivity index (χ2v) is 7.17. The number of fused-ring (bicyclic) bond motifs is 2. The van der Waals surface area contributed by atoms with Crippen molar-refractivity contribution in [3.8, 4) is 18.2 Å². The van der Waals surface area contributed by atoms with Crippen molar-refractivity contribution in [2.75, 3.05) is 0 Å². The van der Waals surface area contributed by atoms with Crippen LogP contribution in [0.25, 0.3) is 0 Å². The van der Waals surface area contributed by atoms with Crippen LogP contribution in [0.5, 0.6) is 0 Å². The molecule has 0 saturated carbocycles. The fourth-order valence-corrected chi connectivity index (χ4v) is 4.52. The molecule has 0 radical (unpaired) electrons. The Kier molecular flexibility index (Phi) is 4.20. The van der Waals surface area contributed by atoms with Crippen LogP contribution in [0.15, 0.2) is 24.3 Å².